The second kappa shape index (κ2) is 7.31. The Labute approximate surface area is 126 Å². The Bertz CT molecular complexity index is 468. The molecule has 1 aromatic rings. The summed E-state index contributed by atoms with van der Waals surface area (Å²) in [5.41, 5.74) is 1.06. The minimum absolute atomic E-state index is 0.214. The van der Waals surface area contributed by atoms with Crippen LogP contribution in [-0.4, -0.2) is 50.7 Å². The lowest BCUT2D eigenvalue weighted by Gasteiger charge is -2.34. The smallest absolute Gasteiger partial charge is 0.223 e. The SMILES string of the molecule is COc1cc(CCC(=O)N2CCNC[C@H]2C)cc(OC)c1. The molecule has 0 radical (unpaired) electrons. The van der Waals surface area contributed by atoms with Crippen LogP contribution >= 0.6 is 0 Å². The molecule has 1 amide bonds. The number of hydrogen-bond donors (Lipinski definition) is 1. The molecule has 5 heteroatoms. The predicted octanol–water partition coefficient (Wildman–Crippen LogP) is 1.46. The first-order chi connectivity index (χ1) is 10.1. The van der Waals surface area contributed by atoms with Gasteiger partial charge in [-0.05, 0) is 31.0 Å². The van der Waals surface area contributed by atoms with Crippen molar-refractivity contribution in [3.05, 3.63) is 23.8 Å². The maximum atomic E-state index is 12.3. The van der Waals surface area contributed by atoms with E-state index in [-0.39, 0.29) is 11.9 Å². The number of ether oxygens (including phenoxy) is 2. The van der Waals surface area contributed by atoms with E-state index in [1.54, 1.807) is 14.2 Å². The molecule has 21 heavy (non-hydrogen) atoms. The fraction of sp³-hybridized carbons (Fsp3) is 0.562. The number of nitrogens with one attached hydrogen (secondary N) is 1. The number of nitrogens with zero attached hydrogens (tertiary/aromatic N) is 1. The fourth-order valence-electron chi connectivity index (χ4n) is 2.62. The van der Waals surface area contributed by atoms with E-state index in [0.29, 0.717) is 12.8 Å². The summed E-state index contributed by atoms with van der Waals surface area (Å²) in [5.74, 6) is 1.73. The van der Waals surface area contributed by atoms with E-state index in [9.17, 15) is 4.79 Å². The zero-order chi connectivity index (χ0) is 15.2. The second-order valence-corrected chi connectivity index (χ2v) is 5.36. The van der Waals surface area contributed by atoms with Crippen LogP contribution in [0.2, 0.25) is 0 Å². The number of rotatable bonds is 5. The van der Waals surface area contributed by atoms with Gasteiger partial charge < -0.3 is 19.7 Å². The molecule has 2 rings (SSSR count). The van der Waals surface area contributed by atoms with Gasteiger partial charge in [-0.25, -0.2) is 0 Å². The lowest BCUT2D eigenvalue weighted by Crippen LogP contribution is -2.52. The second-order valence-electron chi connectivity index (χ2n) is 5.36. The van der Waals surface area contributed by atoms with Crippen LogP contribution in [-0.2, 0) is 11.2 Å². The van der Waals surface area contributed by atoms with Gasteiger partial charge in [-0.2, -0.15) is 0 Å². The van der Waals surface area contributed by atoms with Crippen LogP contribution in [0.3, 0.4) is 0 Å². The molecule has 0 aromatic heterocycles. The van der Waals surface area contributed by atoms with Crippen molar-refractivity contribution in [3.8, 4) is 11.5 Å². The highest BCUT2D eigenvalue weighted by molar-refractivity contribution is 5.77. The summed E-state index contributed by atoms with van der Waals surface area (Å²) in [4.78, 5) is 14.3. The molecule has 1 atom stereocenters. The lowest BCUT2D eigenvalue weighted by atomic mass is 10.1. The zero-order valence-corrected chi connectivity index (χ0v) is 13.0. The number of aryl methyl sites for hydroxylation is 1. The van der Waals surface area contributed by atoms with Gasteiger partial charge in [0.2, 0.25) is 5.91 Å². The maximum Gasteiger partial charge on any atom is 0.223 e. The summed E-state index contributed by atoms with van der Waals surface area (Å²) in [6, 6.07) is 6.02. The number of piperazine rings is 1. The molecule has 0 bridgehead atoms. The van der Waals surface area contributed by atoms with Crippen LogP contribution in [0.5, 0.6) is 11.5 Å². The van der Waals surface area contributed by atoms with Crippen molar-refractivity contribution in [1.29, 1.82) is 0 Å². The van der Waals surface area contributed by atoms with Gasteiger partial charge >= 0.3 is 0 Å². The first-order valence-electron chi connectivity index (χ1n) is 7.36. The summed E-state index contributed by atoms with van der Waals surface area (Å²) in [7, 11) is 3.26. The fourth-order valence-corrected chi connectivity index (χ4v) is 2.62. The minimum atomic E-state index is 0.214. The first-order valence-corrected chi connectivity index (χ1v) is 7.36. The van der Waals surface area contributed by atoms with E-state index >= 15 is 0 Å². The Hall–Kier alpha value is -1.75. The number of hydrogen-bond acceptors (Lipinski definition) is 4. The van der Waals surface area contributed by atoms with Crippen LogP contribution in [0, 0.1) is 0 Å². The third-order valence-corrected chi connectivity index (χ3v) is 3.86. The predicted molar refractivity (Wildman–Crippen MR) is 81.9 cm³/mol. The van der Waals surface area contributed by atoms with Gasteiger partial charge in [0.1, 0.15) is 11.5 Å². The van der Waals surface area contributed by atoms with Crippen molar-refractivity contribution in [2.45, 2.75) is 25.8 Å². The largest absolute Gasteiger partial charge is 0.497 e. The van der Waals surface area contributed by atoms with Crippen LogP contribution < -0.4 is 14.8 Å². The normalized spacial score (nSPS) is 18.4. The summed E-state index contributed by atoms with van der Waals surface area (Å²) in [5, 5.41) is 3.30. The zero-order valence-electron chi connectivity index (χ0n) is 13.0. The Morgan fingerprint density at radius 2 is 1.95 bits per heavy atom. The molecule has 0 spiro atoms. The van der Waals surface area contributed by atoms with Crippen molar-refractivity contribution in [2.75, 3.05) is 33.9 Å². The summed E-state index contributed by atoms with van der Waals surface area (Å²) in [6.07, 6.45) is 1.21. The summed E-state index contributed by atoms with van der Waals surface area (Å²) in [6.45, 7) is 4.63. The molecule has 1 fully saturated rings. The van der Waals surface area contributed by atoms with Crippen molar-refractivity contribution in [3.63, 3.8) is 0 Å². The molecule has 0 unspecified atom stereocenters. The van der Waals surface area contributed by atoms with Crippen LogP contribution in [0.4, 0.5) is 0 Å². The standard InChI is InChI=1S/C16H24N2O3/c1-12-11-17-6-7-18(12)16(19)5-4-13-8-14(20-2)10-15(9-13)21-3/h8-10,12,17H,4-7,11H2,1-3H3/t12-/m1/s1. The van der Waals surface area contributed by atoms with Gasteiger partial charge in [0.05, 0.1) is 14.2 Å². The molecule has 1 aliphatic rings. The summed E-state index contributed by atoms with van der Waals surface area (Å²) < 4.78 is 10.5. The van der Waals surface area contributed by atoms with Crippen molar-refractivity contribution >= 4 is 5.91 Å². The van der Waals surface area contributed by atoms with Crippen LogP contribution in [0.15, 0.2) is 18.2 Å². The topological polar surface area (TPSA) is 50.8 Å². The number of carbonyl (C=O) groups excluding carboxylic acids is 1. The van der Waals surface area contributed by atoms with E-state index in [2.05, 4.69) is 12.2 Å². The molecule has 1 N–H and O–H groups in total. The Morgan fingerprint density at radius 3 is 2.52 bits per heavy atom. The molecule has 0 aliphatic carbocycles. The van der Waals surface area contributed by atoms with E-state index in [1.807, 2.05) is 23.1 Å². The van der Waals surface area contributed by atoms with Crippen LogP contribution in [0.25, 0.3) is 0 Å². The van der Waals surface area contributed by atoms with Crippen LogP contribution in [0.1, 0.15) is 18.9 Å². The number of benzene rings is 1. The van der Waals surface area contributed by atoms with E-state index in [0.717, 1.165) is 36.7 Å². The number of methoxy groups -OCH3 is 2. The monoisotopic (exact) mass is 292 g/mol. The maximum absolute atomic E-state index is 12.3. The van der Waals surface area contributed by atoms with Crippen molar-refractivity contribution in [2.24, 2.45) is 0 Å². The number of carbonyl (C=O) groups is 1. The van der Waals surface area contributed by atoms with Crippen molar-refractivity contribution in [1.82, 2.24) is 10.2 Å². The summed E-state index contributed by atoms with van der Waals surface area (Å²) >= 11 is 0. The average molecular weight is 292 g/mol. The average Bonchev–Trinajstić information content (AvgIpc) is 2.52. The molecule has 116 valence electrons. The Kier molecular flexibility index (Phi) is 5.44. The molecule has 1 heterocycles. The molecule has 1 aliphatic heterocycles. The highest BCUT2D eigenvalue weighted by Crippen LogP contribution is 2.23. The third kappa shape index (κ3) is 4.11. The van der Waals surface area contributed by atoms with E-state index in [1.165, 1.54) is 0 Å². The Morgan fingerprint density at radius 1 is 1.29 bits per heavy atom. The molecular formula is C16H24N2O3. The quantitative estimate of drug-likeness (QED) is 0.892. The van der Waals surface area contributed by atoms with Gasteiger partial charge in [-0.1, -0.05) is 0 Å². The van der Waals surface area contributed by atoms with E-state index in [4.69, 9.17) is 9.47 Å². The number of amides is 1. The van der Waals surface area contributed by atoms with Gasteiger partial charge in [0, 0.05) is 38.2 Å². The highest BCUT2D eigenvalue weighted by Gasteiger charge is 2.22. The third-order valence-electron chi connectivity index (χ3n) is 3.86. The lowest BCUT2D eigenvalue weighted by molar-refractivity contribution is -0.133. The minimum Gasteiger partial charge on any atom is -0.497 e. The highest BCUT2D eigenvalue weighted by atomic mass is 16.5. The molecule has 0 saturated carbocycles. The molecule has 5 nitrogen and oxygen atoms in total. The van der Waals surface area contributed by atoms with Crippen molar-refractivity contribution < 1.29 is 14.3 Å². The van der Waals surface area contributed by atoms with E-state index < -0.39 is 0 Å². The molecule has 1 saturated heterocycles. The van der Waals surface area contributed by atoms with Gasteiger partial charge in [0.25, 0.3) is 0 Å². The van der Waals surface area contributed by atoms with Gasteiger partial charge in [0.15, 0.2) is 0 Å². The van der Waals surface area contributed by atoms with Gasteiger partial charge in [-0.3, -0.25) is 4.79 Å². The molecule has 1 aromatic carbocycles. The first kappa shape index (κ1) is 15.6. The molecular weight excluding hydrogens is 268 g/mol. The Balaban J connectivity index is 1.97. The van der Waals surface area contributed by atoms with Gasteiger partial charge in [-0.15, -0.1) is 0 Å².